The molecule has 1 N–H and O–H groups in total. The van der Waals surface area contributed by atoms with Crippen LogP contribution in [0.25, 0.3) is 11.5 Å². The van der Waals surface area contributed by atoms with Gasteiger partial charge in [-0.1, -0.05) is 0 Å². The monoisotopic (exact) mass is 289 g/mol. The molecule has 2 aromatic heterocycles. The van der Waals surface area contributed by atoms with Gasteiger partial charge < -0.3 is 0 Å². The number of hydrogen-bond donors (Lipinski definition) is 1. The third-order valence-corrected chi connectivity index (χ3v) is 3.38. The fourth-order valence-corrected chi connectivity index (χ4v) is 2.60. The average molecular weight is 290 g/mol. The molecule has 0 saturated heterocycles. The maximum atomic E-state index is 11.5. The molecular formula is C9H12ClN5O2S. The van der Waals surface area contributed by atoms with Crippen molar-refractivity contribution in [3.8, 4) is 11.5 Å². The van der Waals surface area contributed by atoms with Crippen molar-refractivity contribution in [2.24, 2.45) is 0 Å². The molecule has 0 aliphatic heterocycles. The van der Waals surface area contributed by atoms with Crippen molar-refractivity contribution in [1.82, 2.24) is 25.0 Å². The highest BCUT2D eigenvalue weighted by molar-refractivity contribution is 8.13. The summed E-state index contributed by atoms with van der Waals surface area (Å²) in [6.07, 6.45) is 1.55. The summed E-state index contributed by atoms with van der Waals surface area (Å²) in [6, 6.07) is 1.68. The highest BCUT2D eigenvalue weighted by Gasteiger charge is 2.30. The van der Waals surface area contributed by atoms with Crippen LogP contribution >= 0.6 is 10.7 Å². The summed E-state index contributed by atoms with van der Waals surface area (Å²) in [7, 11) is 1.41. The molecule has 0 aliphatic rings. The summed E-state index contributed by atoms with van der Waals surface area (Å²) >= 11 is 0. The smallest absolute Gasteiger partial charge is 0.290 e. The molecule has 0 bridgehead atoms. The van der Waals surface area contributed by atoms with Gasteiger partial charge in [-0.15, -0.1) is 10.2 Å². The van der Waals surface area contributed by atoms with Crippen molar-refractivity contribution in [1.29, 1.82) is 0 Å². The normalized spacial score (nSPS) is 12.9. The number of halogens is 1. The minimum Gasteiger partial charge on any atom is -0.290 e. The number of nitrogens with zero attached hydrogens (tertiary/aromatic N) is 4. The van der Waals surface area contributed by atoms with E-state index in [1.807, 2.05) is 20.8 Å². The number of nitrogens with one attached hydrogen (secondary N) is 1. The van der Waals surface area contributed by atoms with Crippen LogP contribution in [0, 0.1) is 0 Å². The Balaban J connectivity index is 2.75. The van der Waals surface area contributed by atoms with Gasteiger partial charge in [-0.05, 0) is 26.8 Å². The Morgan fingerprint density at radius 1 is 1.33 bits per heavy atom. The Kier molecular flexibility index (Phi) is 2.94. The molecule has 2 aromatic rings. The van der Waals surface area contributed by atoms with Crippen LogP contribution in [-0.4, -0.2) is 33.4 Å². The molecule has 0 unspecified atom stereocenters. The molecule has 9 heteroatoms. The van der Waals surface area contributed by atoms with Gasteiger partial charge in [-0.25, -0.2) is 8.42 Å². The van der Waals surface area contributed by atoms with Gasteiger partial charge in [0, 0.05) is 22.4 Å². The van der Waals surface area contributed by atoms with Crippen molar-refractivity contribution < 1.29 is 8.42 Å². The summed E-state index contributed by atoms with van der Waals surface area (Å²) in [6.45, 7) is 5.51. The predicted octanol–water partition coefficient (Wildman–Crippen LogP) is 1.35. The van der Waals surface area contributed by atoms with E-state index in [9.17, 15) is 8.42 Å². The zero-order valence-electron chi connectivity index (χ0n) is 10.0. The van der Waals surface area contributed by atoms with E-state index >= 15 is 0 Å². The lowest BCUT2D eigenvalue weighted by Gasteiger charge is -2.23. The average Bonchev–Trinajstić information content (AvgIpc) is 2.83. The Morgan fingerprint density at radius 3 is 2.44 bits per heavy atom. The Hall–Kier alpha value is -1.41. The lowest BCUT2D eigenvalue weighted by atomic mass is 10.1. The Morgan fingerprint density at radius 2 is 2.00 bits per heavy atom. The van der Waals surface area contributed by atoms with Crippen LogP contribution in [0.3, 0.4) is 0 Å². The van der Waals surface area contributed by atoms with E-state index in [0.29, 0.717) is 11.5 Å². The number of aromatic nitrogens is 5. The minimum atomic E-state index is -3.96. The first kappa shape index (κ1) is 13.0. The number of H-pyrrole nitrogens is 1. The van der Waals surface area contributed by atoms with Crippen molar-refractivity contribution in [3.63, 3.8) is 0 Å². The second-order valence-electron chi connectivity index (χ2n) is 4.72. The second kappa shape index (κ2) is 4.06. The molecule has 2 heterocycles. The molecule has 0 atom stereocenters. The van der Waals surface area contributed by atoms with E-state index in [1.165, 1.54) is 4.57 Å². The third kappa shape index (κ3) is 2.25. The van der Waals surface area contributed by atoms with Crippen LogP contribution < -0.4 is 0 Å². The highest BCUT2D eigenvalue weighted by Crippen LogP contribution is 2.28. The summed E-state index contributed by atoms with van der Waals surface area (Å²) in [4.78, 5) is 0. The van der Waals surface area contributed by atoms with E-state index in [4.69, 9.17) is 10.7 Å². The first-order chi connectivity index (χ1) is 8.21. The molecule has 7 nitrogen and oxygen atoms in total. The van der Waals surface area contributed by atoms with Crippen LogP contribution in [0.2, 0.25) is 0 Å². The fraction of sp³-hybridized carbons (Fsp3) is 0.444. The van der Waals surface area contributed by atoms with Crippen molar-refractivity contribution >= 4 is 19.7 Å². The van der Waals surface area contributed by atoms with Gasteiger partial charge in [-0.2, -0.15) is 5.10 Å². The van der Waals surface area contributed by atoms with Gasteiger partial charge in [-0.3, -0.25) is 9.67 Å². The van der Waals surface area contributed by atoms with E-state index in [2.05, 4.69) is 20.4 Å². The molecule has 0 aromatic carbocycles. The van der Waals surface area contributed by atoms with Crippen molar-refractivity contribution in [2.75, 3.05) is 0 Å². The fourth-order valence-electron chi connectivity index (χ4n) is 1.59. The van der Waals surface area contributed by atoms with E-state index in [0.717, 1.165) is 0 Å². The summed E-state index contributed by atoms with van der Waals surface area (Å²) in [5, 5.41) is 13.8. The zero-order chi connectivity index (χ0) is 13.6. The molecule has 0 aliphatic carbocycles. The van der Waals surface area contributed by atoms with Crippen molar-refractivity contribution in [3.05, 3.63) is 12.3 Å². The quantitative estimate of drug-likeness (QED) is 0.842. The van der Waals surface area contributed by atoms with Gasteiger partial charge >= 0.3 is 0 Å². The Bertz CT molecular complexity index is 654. The third-order valence-electron chi connectivity index (χ3n) is 2.26. The lowest BCUT2D eigenvalue weighted by Crippen LogP contribution is -2.26. The molecule has 0 saturated carbocycles. The zero-order valence-corrected chi connectivity index (χ0v) is 11.6. The van der Waals surface area contributed by atoms with Gasteiger partial charge in [0.05, 0.1) is 0 Å². The molecule has 2 rings (SSSR count). The van der Waals surface area contributed by atoms with E-state index in [1.54, 1.807) is 12.3 Å². The summed E-state index contributed by atoms with van der Waals surface area (Å²) in [5.41, 5.74) is 0.0327. The molecule has 98 valence electrons. The number of rotatable bonds is 2. The van der Waals surface area contributed by atoms with Crippen LogP contribution in [0.5, 0.6) is 0 Å². The Labute approximate surface area is 109 Å². The topological polar surface area (TPSA) is 93.5 Å². The van der Waals surface area contributed by atoms with Crippen molar-refractivity contribution in [2.45, 2.75) is 31.5 Å². The summed E-state index contributed by atoms with van der Waals surface area (Å²) < 4.78 is 24.5. The first-order valence-electron chi connectivity index (χ1n) is 5.11. The predicted molar refractivity (Wildman–Crippen MR) is 65.6 cm³/mol. The van der Waals surface area contributed by atoms with Crippen LogP contribution in [0.15, 0.2) is 17.4 Å². The van der Waals surface area contributed by atoms with Gasteiger partial charge in [0.2, 0.25) is 0 Å². The van der Waals surface area contributed by atoms with Crippen LogP contribution in [0.4, 0.5) is 0 Å². The first-order valence-corrected chi connectivity index (χ1v) is 7.42. The van der Waals surface area contributed by atoms with Gasteiger partial charge in [0.25, 0.3) is 14.2 Å². The molecule has 0 fully saturated rings. The van der Waals surface area contributed by atoms with Gasteiger partial charge in [0.1, 0.15) is 5.69 Å². The number of aromatic amines is 1. The highest BCUT2D eigenvalue weighted by atomic mass is 35.7. The minimum absolute atomic E-state index is 0.277. The molecular weight excluding hydrogens is 278 g/mol. The molecule has 18 heavy (non-hydrogen) atoms. The van der Waals surface area contributed by atoms with Gasteiger partial charge in [0.15, 0.2) is 5.82 Å². The summed E-state index contributed by atoms with van der Waals surface area (Å²) in [5.74, 6) is 0.374. The lowest BCUT2D eigenvalue weighted by molar-refractivity contribution is 0.367. The van der Waals surface area contributed by atoms with E-state index in [-0.39, 0.29) is 5.16 Å². The maximum absolute atomic E-state index is 11.5. The van der Waals surface area contributed by atoms with Crippen LogP contribution in [0.1, 0.15) is 20.8 Å². The largest absolute Gasteiger partial charge is 0.296 e. The van der Waals surface area contributed by atoms with Crippen LogP contribution in [-0.2, 0) is 14.6 Å². The standard InChI is InChI=1S/C9H12ClN5O2S/c1-9(2,3)15-7(6-4-5-11-12-6)13-14-8(15)18(10,16)17/h4-5H,1-3H3,(H,11,12). The van der Waals surface area contributed by atoms with E-state index < -0.39 is 14.6 Å². The second-order valence-corrected chi connectivity index (χ2v) is 7.18. The molecule has 0 amide bonds. The molecule has 0 radical (unpaired) electrons. The number of hydrogen-bond acceptors (Lipinski definition) is 5. The SMILES string of the molecule is CC(C)(C)n1c(-c2ccn[nH]2)nnc1S(=O)(=O)Cl. The maximum Gasteiger partial charge on any atom is 0.296 e. The molecule has 0 spiro atoms.